The van der Waals surface area contributed by atoms with Crippen molar-refractivity contribution in [2.75, 3.05) is 5.75 Å². The first kappa shape index (κ1) is 18.4. The zero-order chi connectivity index (χ0) is 18.7. The number of carbonyl (C=O) groups excluding carboxylic acids is 1. The van der Waals surface area contributed by atoms with Crippen molar-refractivity contribution >= 4 is 23.4 Å². The van der Waals surface area contributed by atoms with E-state index in [4.69, 9.17) is 0 Å². The molecule has 1 aromatic carbocycles. The molecule has 0 spiro atoms. The SMILES string of the molecule is Cc1cc(C)n2nc(SCC(=O)N(Cc3ccccc3)C(C)C)nc2n1. The molecule has 0 fully saturated rings. The predicted molar refractivity (Wildman–Crippen MR) is 103 cm³/mol. The van der Waals surface area contributed by atoms with E-state index in [1.165, 1.54) is 11.8 Å². The van der Waals surface area contributed by atoms with Crippen LogP contribution < -0.4 is 0 Å². The van der Waals surface area contributed by atoms with Gasteiger partial charge in [-0.1, -0.05) is 42.1 Å². The molecule has 0 bridgehead atoms. The summed E-state index contributed by atoms with van der Waals surface area (Å²) in [4.78, 5) is 23.4. The third-order valence-corrected chi connectivity index (χ3v) is 4.89. The van der Waals surface area contributed by atoms with E-state index < -0.39 is 0 Å². The zero-order valence-electron chi connectivity index (χ0n) is 15.5. The van der Waals surface area contributed by atoms with Gasteiger partial charge in [-0.2, -0.15) is 4.98 Å². The molecule has 3 rings (SSSR count). The molecule has 0 aliphatic heterocycles. The summed E-state index contributed by atoms with van der Waals surface area (Å²) in [5.41, 5.74) is 3.01. The summed E-state index contributed by atoms with van der Waals surface area (Å²) in [7, 11) is 0. The Kier molecular flexibility index (Phi) is 5.56. The molecule has 7 heteroatoms. The number of hydrogen-bond acceptors (Lipinski definition) is 5. The minimum Gasteiger partial charge on any atom is -0.335 e. The van der Waals surface area contributed by atoms with Crippen LogP contribution in [0.5, 0.6) is 0 Å². The fourth-order valence-electron chi connectivity index (χ4n) is 2.76. The second-order valence-electron chi connectivity index (χ2n) is 6.53. The molecule has 0 radical (unpaired) electrons. The Morgan fingerprint density at radius 3 is 2.62 bits per heavy atom. The van der Waals surface area contributed by atoms with Crippen molar-refractivity contribution in [3.63, 3.8) is 0 Å². The van der Waals surface area contributed by atoms with E-state index >= 15 is 0 Å². The largest absolute Gasteiger partial charge is 0.335 e. The Morgan fingerprint density at radius 2 is 1.92 bits per heavy atom. The number of thioether (sulfide) groups is 1. The van der Waals surface area contributed by atoms with Gasteiger partial charge in [0.1, 0.15) is 0 Å². The van der Waals surface area contributed by atoms with Gasteiger partial charge in [0.2, 0.25) is 11.1 Å². The average molecular weight is 369 g/mol. The summed E-state index contributed by atoms with van der Waals surface area (Å²) in [6, 6.07) is 12.1. The maximum Gasteiger partial charge on any atom is 0.253 e. The first-order valence-corrected chi connectivity index (χ1v) is 9.60. The van der Waals surface area contributed by atoms with Crippen molar-refractivity contribution in [2.24, 2.45) is 0 Å². The van der Waals surface area contributed by atoms with Gasteiger partial charge < -0.3 is 4.90 Å². The topological polar surface area (TPSA) is 63.4 Å². The molecule has 0 atom stereocenters. The molecule has 0 aliphatic carbocycles. The lowest BCUT2D eigenvalue weighted by Crippen LogP contribution is -2.37. The molecule has 26 heavy (non-hydrogen) atoms. The fraction of sp³-hybridized carbons (Fsp3) is 0.368. The molecule has 6 nitrogen and oxygen atoms in total. The number of benzene rings is 1. The lowest BCUT2D eigenvalue weighted by molar-refractivity contribution is -0.130. The first-order valence-electron chi connectivity index (χ1n) is 8.61. The molecule has 136 valence electrons. The van der Waals surface area contributed by atoms with Gasteiger partial charge in [-0.05, 0) is 39.3 Å². The summed E-state index contributed by atoms with van der Waals surface area (Å²) >= 11 is 1.35. The van der Waals surface area contributed by atoms with Gasteiger partial charge in [0.25, 0.3) is 5.78 Å². The summed E-state index contributed by atoms with van der Waals surface area (Å²) in [5, 5.41) is 5.02. The molecular formula is C19H23N5OS. The lowest BCUT2D eigenvalue weighted by Gasteiger charge is -2.26. The van der Waals surface area contributed by atoms with Gasteiger partial charge in [-0.3, -0.25) is 4.79 Å². The van der Waals surface area contributed by atoms with Gasteiger partial charge in [-0.15, -0.1) is 5.10 Å². The van der Waals surface area contributed by atoms with Crippen LogP contribution in [0.3, 0.4) is 0 Å². The minimum atomic E-state index is 0.0774. The molecule has 2 aromatic heterocycles. The van der Waals surface area contributed by atoms with Crippen molar-refractivity contribution in [3.8, 4) is 0 Å². The van der Waals surface area contributed by atoms with E-state index in [1.54, 1.807) is 4.52 Å². The average Bonchev–Trinajstić information content (AvgIpc) is 3.01. The standard InChI is InChI=1S/C19H23N5OS/c1-13(2)23(11-16-8-6-5-7-9-16)17(25)12-26-19-21-18-20-14(3)10-15(4)24(18)22-19/h5-10,13H,11-12H2,1-4H3. The van der Waals surface area contributed by atoms with Crippen LogP contribution in [0.4, 0.5) is 0 Å². The van der Waals surface area contributed by atoms with Crippen LogP contribution >= 0.6 is 11.8 Å². The number of nitrogens with zero attached hydrogens (tertiary/aromatic N) is 5. The molecule has 1 amide bonds. The van der Waals surface area contributed by atoms with Gasteiger partial charge in [0.15, 0.2) is 0 Å². The summed E-state index contributed by atoms with van der Waals surface area (Å²) < 4.78 is 1.71. The van der Waals surface area contributed by atoms with Gasteiger partial charge in [0, 0.05) is 24.0 Å². The quantitative estimate of drug-likeness (QED) is 0.624. The maximum atomic E-state index is 12.7. The van der Waals surface area contributed by atoms with Gasteiger partial charge in [-0.25, -0.2) is 9.50 Å². The van der Waals surface area contributed by atoms with Crippen molar-refractivity contribution in [1.29, 1.82) is 0 Å². The summed E-state index contributed by atoms with van der Waals surface area (Å²) in [6.45, 7) is 8.57. The van der Waals surface area contributed by atoms with Crippen LogP contribution in [0.2, 0.25) is 0 Å². The smallest absolute Gasteiger partial charge is 0.253 e. The van der Waals surface area contributed by atoms with E-state index in [2.05, 4.69) is 15.1 Å². The fourth-order valence-corrected chi connectivity index (χ4v) is 3.46. The molecule has 0 aliphatic rings. The number of fused-ring (bicyclic) bond motifs is 1. The highest BCUT2D eigenvalue weighted by atomic mass is 32.2. The molecule has 2 heterocycles. The minimum absolute atomic E-state index is 0.0774. The Hall–Kier alpha value is -2.41. The maximum absolute atomic E-state index is 12.7. The molecule has 0 unspecified atom stereocenters. The number of hydrogen-bond donors (Lipinski definition) is 0. The van der Waals surface area contributed by atoms with E-state index in [9.17, 15) is 4.79 Å². The Bertz CT molecular complexity index is 907. The number of carbonyl (C=O) groups is 1. The van der Waals surface area contributed by atoms with Crippen LogP contribution in [0.1, 0.15) is 30.8 Å². The zero-order valence-corrected chi connectivity index (χ0v) is 16.3. The molecule has 3 aromatic rings. The molecule has 0 N–H and O–H groups in total. The van der Waals surface area contributed by atoms with E-state index in [0.717, 1.165) is 17.0 Å². The third kappa shape index (κ3) is 4.22. The lowest BCUT2D eigenvalue weighted by atomic mass is 10.2. The normalized spacial score (nSPS) is 11.3. The van der Waals surface area contributed by atoms with Gasteiger partial charge >= 0.3 is 0 Å². The monoisotopic (exact) mass is 369 g/mol. The van der Waals surface area contributed by atoms with E-state index in [1.807, 2.05) is 69.0 Å². The van der Waals surface area contributed by atoms with E-state index in [-0.39, 0.29) is 11.9 Å². The predicted octanol–water partition coefficient (Wildman–Crippen LogP) is 3.27. The Labute approximate surface area is 157 Å². The van der Waals surface area contributed by atoms with Crippen LogP contribution in [-0.2, 0) is 11.3 Å². The number of aromatic nitrogens is 4. The number of rotatable bonds is 6. The molecule has 0 saturated heterocycles. The van der Waals surface area contributed by atoms with Crippen LogP contribution in [0.25, 0.3) is 5.78 Å². The van der Waals surface area contributed by atoms with Crippen LogP contribution in [0.15, 0.2) is 41.6 Å². The van der Waals surface area contributed by atoms with Crippen molar-refractivity contribution in [1.82, 2.24) is 24.5 Å². The summed E-state index contributed by atoms with van der Waals surface area (Å²) in [5.74, 6) is 0.955. The highest BCUT2D eigenvalue weighted by molar-refractivity contribution is 7.99. The second kappa shape index (κ2) is 7.86. The summed E-state index contributed by atoms with van der Waals surface area (Å²) in [6.07, 6.45) is 0. The van der Waals surface area contributed by atoms with Crippen LogP contribution in [-0.4, -0.2) is 42.2 Å². The first-order chi connectivity index (χ1) is 12.4. The highest BCUT2D eigenvalue weighted by Gasteiger charge is 2.19. The van der Waals surface area contributed by atoms with Crippen LogP contribution in [0, 0.1) is 13.8 Å². The van der Waals surface area contributed by atoms with Crippen molar-refractivity contribution in [2.45, 2.75) is 45.4 Å². The molecular weight excluding hydrogens is 346 g/mol. The number of aryl methyl sites for hydroxylation is 2. The van der Waals surface area contributed by atoms with Crippen molar-refractivity contribution < 1.29 is 4.79 Å². The van der Waals surface area contributed by atoms with Crippen molar-refractivity contribution in [3.05, 3.63) is 53.3 Å². The van der Waals surface area contributed by atoms with E-state index in [0.29, 0.717) is 23.2 Å². The van der Waals surface area contributed by atoms with Gasteiger partial charge in [0.05, 0.1) is 5.75 Å². The number of amides is 1. The highest BCUT2D eigenvalue weighted by Crippen LogP contribution is 2.18. The Morgan fingerprint density at radius 1 is 1.19 bits per heavy atom. The second-order valence-corrected chi connectivity index (χ2v) is 7.48. The molecule has 0 saturated carbocycles. The third-order valence-electron chi connectivity index (χ3n) is 4.06. The Balaban J connectivity index is 1.69.